The monoisotopic (exact) mass is 375 g/mol. The summed E-state index contributed by atoms with van der Waals surface area (Å²) in [4.78, 5) is 16.6. The summed E-state index contributed by atoms with van der Waals surface area (Å²) in [6.07, 6.45) is 0. The molecule has 0 saturated heterocycles. The lowest BCUT2D eigenvalue weighted by molar-refractivity contribution is -0.115. The number of rotatable bonds is 3. The molecule has 1 amide bonds. The Kier molecular flexibility index (Phi) is 3.97. The van der Waals surface area contributed by atoms with Gasteiger partial charge in [-0.2, -0.15) is 10.1 Å². The molecule has 7 heteroatoms. The van der Waals surface area contributed by atoms with Crippen molar-refractivity contribution in [3.63, 3.8) is 0 Å². The normalized spacial score (nSPS) is 17.2. The van der Waals surface area contributed by atoms with Crippen LogP contribution in [0.15, 0.2) is 40.0 Å². The van der Waals surface area contributed by atoms with E-state index in [1.54, 1.807) is 4.68 Å². The number of benzene rings is 1. The van der Waals surface area contributed by atoms with Gasteiger partial charge < -0.3 is 11.1 Å². The number of aromatic nitrogens is 3. The standard InChI is InChI=1S/C16H18BrN5O/c1-8(2)15-20-16-19-9(3)12(14(18)23)13(22(16)21-15)10-4-6-11(17)7-5-10/h4-8,13H,1-3H3,(H2,18,23)(H,19,20,21). The third-order valence-electron chi connectivity index (χ3n) is 3.84. The van der Waals surface area contributed by atoms with E-state index in [0.29, 0.717) is 17.2 Å². The molecular weight excluding hydrogens is 358 g/mol. The molecule has 1 atom stereocenters. The molecule has 1 aromatic heterocycles. The maximum Gasteiger partial charge on any atom is 0.248 e. The van der Waals surface area contributed by atoms with Crippen LogP contribution in [0.25, 0.3) is 0 Å². The van der Waals surface area contributed by atoms with Gasteiger partial charge in [-0.1, -0.05) is 41.9 Å². The summed E-state index contributed by atoms with van der Waals surface area (Å²) in [7, 11) is 0. The van der Waals surface area contributed by atoms with Crippen molar-refractivity contribution in [1.82, 2.24) is 14.8 Å². The van der Waals surface area contributed by atoms with Gasteiger partial charge in [-0.25, -0.2) is 4.68 Å². The van der Waals surface area contributed by atoms with Crippen molar-refractivity contribution in [2.24, 2.45) is 5.73 Å². The van der Waals surface area contributed by atoms with E-state index in [2.05, 4.69) is 31.3 Å². The molecule has 1 unspecified atom stereocenters. The fourth-order valence-corrected chi connectivity index (χ4v) is 2.95. The number of fused-ring (bicyclic) bond motifs is 1. The topological polar surface area (TPSA) is 85.8 Å². The zero-order valence-corrected chi connectivity index (χ0v) is 14.8. The van der Waals surface area contributed by atoms with Crippen molar-refractivity contribution in [1.29, 1.82) is 0 Å². The highest BCUT2D eigenvalue weighted by Crippen LogP contribution is 2.35. The molecule has 0 aliphatic carbocycles. The van der Waals surface area contributed by atoms with Crippen LogP contribution in [0.2, 0.25) is 0 Å². The number of primary amides is 1. The summed E-state index contributed by atoms with van der Waals surface area (Å²) in [5.74, 6) is 1.09. The van der Waals surface area contributed by atoms with Gasteiger partial charge in [0, 0.05) is 16.1 Å². The first-order valence-electron chi connectivity index (χ1n) is 7.38. The van der Waals surface area contributed by atoms with Crippen molar-refractivity contribution in [3.05, 3.63) is 51.4 Å². The maximum atomic E-state index is 12.0. The van der Waals surface area contributed by atoms with Gasteiger partial charge in [0.15, 0.2) is 5.82 Å². The summed E-state index contributed by atoms with van der Waals surface area (Å²) in [5, 5.41) is 7.72. The second-order valence-corrected chi connectivity index (χ2v) is 6.79. The number of anilines is 1. The number of hydrogen-bond donors (Lipinski definition) is 2. The van der Waals surface area contributed by atoms with Gasteiger partial charge in [0.05, 0.1) is 5.57 Å². The molecule has 0 spiro atoms. The van der Waals surface area contributed by atoms with Crippen LogP contribution in [-0.4, -0.2) is 20.7 Å². The third-order valence-corrected chi connectivity index (χ3v) is 4.37. The Morgan fingerprint density at radius 2 is 2.00 bits per heavy atom. The molecule has 0 saturated carbocycles. The lowest BCUT2D eigenvalue weighted by Crippen LogP contribution is -2.31. The first-order chi connectivity index (χ1) is 10.9. The number of nitrogens with one attached hydrogen (secondary N) is 1. The Morgan fingerprint density at radius 1 is 1.35 bits per heavy atom. The molecule has 3 rings (SSSR count). The number of carbonyl (C=O) groups is 1. The van der Waals surface area contributed by atoms with Crippen molar-refractivity contribution in [2.45, 2.75) is 32.7 Å². The molecule has 23 heavy (non-hydrogen) atoms. The molecule has 0 radical (unpaired) electrons. The van der Waals surface area contributed by atoms with Crippen LogP contribution >= 0.6 is 15.9 Å². The number of hydrogen-bond acceptors (Lipinski definition) is 4. The highest BCUT2D eigenvalue weighted by molar-refractivity contribution is 9.10. The lowest BCUT2D eigenvalue weighted by Gasteiger charge is -2.27. The average Bonchev–Trinajstić information content (AvgIpc) is 2.90. The second kappa shape index (κ2) is 5.81. The number of amides is 1. The SMILES string of the molecule is CC1=C(C(N)=O)C(c2ccc(Br)cc2)n2nc(C(C)C)nc2N1. The van der Waals surface area contributed by atoms with Crippen LogP contribution < -0.4 is 11.1 Å². The van der Waals surface area contributed by atoms with Crippen molar-refractivity contribution in [3.8, 4) is 0 Å². The summed E-state index contributed by atoms with van der Waals surface area (Å²) in [6, 6.07) is 7.40. The van der Waals surface area contributed by atoms with E-state index in [0.717, 1.165) is 15.9 Å². The highest BCUT2D eigenvalue weighted by Gasteiger charge is 2.33. The number of halogens is 1. The second-order valence-electron chi connectivity index (χ2n) is 5.87. The lowest BCUT2D eigenvalue weighted by atomic mass is 9.95. The van der Waals surface area contributed by atoms with E-state index in [-0.39, 0.29) is 12.0 Å². The van der Waals surface area contributed by atoms with Crippen LogP contribution in [-0.2, 0) is 4.79 Å². The quantitative estimate of drug-likeness (QED) is 0.863. The molecule has 2 heterocycles. The van der Waals surface area contributed by atoms with Gasteiger partial charge in [0.2, 0.25) is 11.9 Å². The zero-order chi connectivity index (χ0) is 16.7. The first kappa shape index (κ1) is 15.7. The summed E-state index contributed by atoms with van der Waals surface area (Å²) in [6.45, 7) is 5.90. The third kappa shape index (κ3) is 2.76. The molecule has 1 aliphatic heterocycles. The van der Waals surface area contributed by atoms with Crippen molar-refractivity contribution in [2.75, 3.05) is 5.32 Å². The fourth-order valence-electron chi connectivity index (χ4n) is 2.68. The van der Waals surface area contributed by atoms with Gasteiger partial charge in [-0.05, 0) is 24.6 Å². The van der Waals surface area contributed by atoms with E-state index in [1.807, 2.05) is 45.0 Å². The minimum Gasteiger partial charge on any atom is -0.366 e. The Morgan fingerprint density at radius 3 is 2.57 bits per heavy atom. The first-order valence-corrected chi connectivity index (χ1v) is 8.17. The van der Waals surface area contributed by atoms with Gasteiger partial charge >= 0.3 is 0 Å². The number of allylic oxidation sites excluding steroid dienone is 1. The van der Waals surface area contributed by atoms with E-state index < -0.39 is 5.91 Å². The summed E-state index contributed by atoms with van der Waals surface area (Å²) < 4.78 is 2.71. The Labute approximate surface area is 142 Å². The van der Waals surface area contributed by atoms with E-state index in [4.69, 9.17) is 5.73 Å². The van der Waals surface area contributed by atoms with Crippen LogP contribution in [0, 0.1) is 0 Å². The number of nitrogens with two attached hydrogens (primary N) is 1. The van der Waals surface area contributed by atoms with Gasteiger partial charge in [0.1, 0.15) is 6.04 Å². The molecule has 0 fully saturated rings. The molecule has 120 valence electrons. The summed E-state index contributed by atoms with van der Waals surface area (Å²) in [5.41, 5.74) is 7.77. The maximum absolute atomic E-state index is 12.0. The van der Waals surface area contributed by atoms with Crippen LogP contribution in [0.5, 0.6) is 0 Å². The van der Waals surface area contributed by atoms with Crippen molar-refractivity contribution >= 4 is 27.8 Å². The molecular formula is C16H18BrN5O. The van der Waals surface area contributed by atoms with Crippen LogP contribution in [0.1, 0.15) is 44.1 Å². The number of nitrogens with zero attached hydrogens (tertiary/aromatic N) is 3. The molecule has 6 nitrogen and oxygen atoms in total. The Balaban J connectivity index is 2.19. The molecule has 1 aromatic carbocycles. The predicted octanol–water partition coefficient (Wildman–Crippen LogP) is 2.94. The molecule has 1 aliphatic rings. The smallest absolute Gasteiger partial charge is 0.248 e. The highest BCUT2D eigenvalue weighted by atomic mass is 79.9. The molecule has 2 aromatic rings. The zero-order valence-electron chi connectivity index (χ0n) is 13.2. The van der Waals surface area contributed by atoms with Crippen molar-refractivity contribution < 1.29 is 4.79 Å². The van der Waals surface area contributed by atoms with E-state index >= 15 is 0 Å². The Hall–Kier alpha value is -2.15. The Bertz CT molecular complexity index is 791. The largest absolute Gasteiger partial charge is 0.366 e. The average molecular weight is 376 g/mol. The van der Waals surface area contributed by atoms with Crippen LogP contribution in [0.3, 0.4) is 0 Å². The van der Waals surface area contributed by atoms with Gasteiger partial charge in [-0.15, -0.1) is 0 Å². The number of carbonyl (C=O) groups excluding carboxylic acids is 1. The van der Waals surface area contributed by atoms with Gasteiger partial charge in [0.25, 0.3) is 0 Å². The van der Waals surface area contributed by atoms with Crippen LogP contribution in [0.4, 0.5) is 5.95 Å². The minimum absolute atomic E-state index is 0.192. The molecule has 0 bridgehead atoms. The fraction of sp³-hybridized carbons (Fsp3) is 0.312. The van der Waals surface area contributed by atoms with Gasteiger partial charge in [-0.3, -0.25) is 4.79 Å². The van der Waals surface area contributed by atoms with E-state index in [9.17, 15) is 4.79 Å². The predicted molar refractivity (Wildman–Crippen MR) is 91.9 cm³/mol. The summed E-state index contributed by atoms with van der Waals surface area (Å²) >= 11 is 3.43. The minimum atomic E-state index is -0.463. The van der Waals surface area contributed by atoms with E-state index in [1.165, 1.54) is 0 Å². The molecule has 3 N–H and O–H groups in total.